The van der Waals surface area contributed by atoms with Crippen LogP contribution in [0.4, 0.5) is 0 Å². The number of hydrogen-bond acceptors (Lipinski definition) is 4. The van der Waals surface area contributed by atoms with Gasteiger partial charge in [0.1, 0.15) is 19.3 Å². The first-order valence-electron chi connectivity index (χ1n) is 13.5. The van der Waals surface area contributed by atoms with E-state index in [2.05, 4.69) is 6.07 Å². The van der Waals surface area contributed by atoms with Gasteiger partial charge < -0.3 is 14.7 Å². The number of amides is 1. The number of hydrogen-bond donors (Lipinski definition) is 1. The standard InChI is InChI=1S/C20H21NO4.C8H7N.C3H6.C2H6/c1-13-3-7-15(8-4-13)19-20(16-9-5-14(2)6-10-16)25-12-17(22)21(19)11-18(23)24;1-7-2-4-8(6-9)5-3-7;1-2-3-1;1-2/h3-10,19-20H,11-12H2,1-2H3,(H,23,24);2-5H,1H3;1-3H2;1-2H3. The number of carbonyl (C=O) groups is 2. The Labute approximate surface area is 232 Å². The first kappa shape index (κ1) is 31.3. The van der Waals surface area contributed by atoms with E-state index in [9.17, 15) is 14.7 Å². The molecule has 1 saturated heterocycles. The SMILES string of the molecule is C1CC1.CC.Cc1ccc(C#N)cc1.Cc1ccc(C2OCC(=O)N(CC(=O)O)C2c2ccc(C)cc2)cc1. The molecule has 1 aliphatic carbocycles. The lowest BCUT2D eigenvalue weighted by atomic mass is 9.92. The monoisotopic (exact) mass is 528 g/mol. The second kappa shape index (κ2) is 16.1. The zero-order valence-electron chi connectivity index (χ0n) is 23.7. The molecule has 206 valence electrons. The van der Waals surface area contributed by atoms with E-state index >= 15 is 0 Å². The van der Waals surface area contributed by atoms with Gasteiger partial charge in [-0.05, 0) is 44.0 Å². The van der Waals surface area contributed by atoms with E-state index in [0.717, 1.165) is 27.8 Å². The highest BCUT2D eigenvalue weighted by Gasteiger charge is 2.39. The average molecular weight is 529 g/mol. The Kier molecular flexibility index (Phi) is 12.9. The molecule has 6 nitrogen and oxygen atoms in total. The molecule has 5 rings (SSSR count). The number of carboxylic acid groups (broad SMARTS) is 1. The molecule has 2 atom stereocenters. The number of carboxylic acids is 1. The first-order chi connectivity index (χ1) is 18.8. The third kappa shape index (κ3) is 10.4. The highest BCUT2D eigenvalue weighted by atomic mass is 16.5. The number of benzene rings is 3. The van der Waals surface area contributed by atoms with Crippen LogP contribution in [0.2, 0.25) is 0 Å². The molecule has 0 radical (unpaired) electrons. The Morgan fingerprint density at radius 2 is 1.28 bits per heavy atom. The van der Waals surface area contributed by atoms with E-state index in [-0.39, 0.29) is 19.1 Å². The molecule has 1 amide bonds. The van der Waals surface area contributed by atoms with Gasteiger partial charge in [0.15, 0.2) is 0 Å². The summed E-state index contributed by atoms with van der Waals surface area (Å²) in [6.07, 6.45) is 4.10. The van der Waals surface area contributed by atoms with E-state index in [0.29, 0.717) is 0 Å². The van der Waals surface area contributed by atoms with Crippen molar-refractivity contribution in [2.24, 2.45) is 0 Å². The van der Waals surface area contributed by atoms with Crippen molar-refractivity contribution >= 4 is 11.9 Å². The summed E-state index contributed by atoms with van der Waals surface area (Å²) in [5.74, 6) is -1.34. The summed E-state index contributed by atoms with van der Waals surface area (Å²) in [4.78, 5) is 25.1. The molecule has 3 aromatic carbocycles. The number of nitriles is 1. The van der Waals surface area contributed by atoms with Crippen LogP contribution < -0.4 is 0 Å². The van der Waals surface area contributed by atoms with Gasteiger partial charge in [-0.15, -0.1) is 0 Å². The van der Waals surface area contributed by atoms with Crippen LogP contribution in [0.5, 0.6) is 0 Å². The van der Waals surface area contributed by atoms with E-state index in [1.165, 1.54) is 29.7 Å². The molecule has 2 unspecified atom stereocenters. The van der Waals surface area contributed by atoms with Gasteiger partial charge >= 0.3 is 5.97 Å². The quantitative estimate of drug-likeness (QED) is 0.390. The molecule has 1 saturated carbocycles. The molecule has 1 aliphatic heterocycles. The van der Waals surface area contributed by atoms with Crippen molar-refractivity contribution in [3.63, 3.8) is 0 Å². The maximum atomic E-state index is 12.3. The van der Waals surface area contributed by atoms with Crippen LogP contribution in [0.15, 0.2) is 72.8 Å². The lowest BCUT2D eigenvalue weighted by Gasteiger charge is -2.40. The number of nitrogens with zero attached hydrogens (tertiary/aromatic N) is 2. The molecule has 6 heteroatoms. The summed E-state index contributed by atoms with van der Waals surface area (Å²) in [5, 5.41) is 17.6. The van der Waals surface area contributed by atoms with Crippen molar-refractivity contribution in [2.45, 2.75) is 66.0 Å². The summed E-state index contributed by atoms with van der Waals surface area (Å²) in [6, 6.07) is 24.8. The molecule has 1 N–H and O–H groups in total. The van der Waals surface area contributed by atoms with Crippen molar-refractivity contribution in [3.05, 3.63) is 106 Å². The first-order valence-corrected chi connectivity index (χ1v) is 13.5. The molecule has 0 aromatic heterocycles. The number of aliphatic carboxylic acids is 1. The lowest BCUT2D eigenvalue weighted by molar-refractivity contribution is -0.164. The Balaban J connectivity index is 0.000000312. The normalized spacial score (nSPS) is 17.1. The van der Waals surface area contributed by atoms with Crippen LogP contribution in [-0.4, -0.2) is 35.0 Å². The number of aryl methyl sites for hydroxylation is 3. The largest absolute Gasteiger partial charge is 0.480 e. The van der Waals surface area contributed by atoms with Crippen molar-refractivity contribution in [1.29, 1.82) is 5.26 Å². The van der Waals surface area contributed by atoms with E-state index in [1.54, 1.807) is 0 Å². The number of rotatable bonds is 4. The molecule has 1 heterocycles. The van der Waals surface area contributed by atoms with E-state index < -0.39 is 18.1 Å². The number of morpholine rings is 1. The Morgan fingerprint density at radius 3 is 1.69 bits per heavy atom. The molecule has 2 fully saturated rings. The van der Waals surface area contributed by atoms with Crippen molar-refractivity contribution in [3.8, 4) is 6.07 Å². The van der Waals surface area contributed by atoms with Crippen molar-refractivity contribution < 1.29 is 19.4 Å². The minimum atomic E-state index is -1.03. The van der Waals surface area contributed by atoms with Crippen molar-refractivity contribution in [2.75, 3.05) is 13.2 Å². The second-order valence-corrected chi connectivity index (χ2v) is 9.45. The minimum Gasteiger partial charge on any atom is -0.480 e. The van der Waals surface area contributed by atoms with Crippen LogP contribution >= 0.6 is 0 Å². The third-order valence-corrected chi connectivity index (χ3v) is 5.99. The second-order valence-electron chi connectivity index (χ2n) is 9.45. The van der Waals surface area contributed by atoms with Gasteiger partial charge in [0, 0.05) is 0 Å². The molecule has 3 aromatic rings. The van der Waals surface area contributed by atoms with Gasteiger partial charge in [-0.25, -0.2) is 0 Å². The zero-order valence-corrected chi connectivity index (χ0v) is 23.7. The van der Waals surface area contributed by atoms with Crippen LogP contribution in [-0.2, 0) is 14.3 Å². The molecular formula is C33H40N2O4. The lowest BCUT2D eigenvalue weighted by Crippen LogP contribution is -2.47. The molecule has 0 spiro atoms. The zero-order chi connectivity index (χ0) is 28.8. The number of ether oxygens (including phenoxy) is 1. The third-order valence-electron chi connectivity index (χ3n) is 5.99. The molecule has 0 bridgehead atoms. The maximum absolute atomic E-state index is 12.3. The summed E-state index contributed by atoms with van der Waals surface area (Å²) < 4.78 is 5.84. The Morgan fingerprint density at radius 1 is 0.846 bits per heavy atom. The predicted molar refractivity (Wildman–Crippen MR) is 154 cm³/mol. The molecule has 2 aliphatic rings. The fourth-order valence-electron chi connectivity index (χ4n) is 3.77. The summed E-state index contributed by atoms with van der Waals surface area (Å²) >= 11 is 0. The van der Waals surface area contributed by atoms with Crippen LogP contribution in [0.3, 0.4) is 0 Å². The average Bonchev–Trinajstić information content (AvgIpc) is 3.83. The van der Waals surface area contributed by atoms with Crippen LogP contribution in [0.25, 0.3) is 0 Å². The van der Waals surface area contributed by atoms with Gasteiger partial charge in [-0.3, -0.25) is 9.59 Å². The Bertz CT molecular complexity index is 1210. The smallest absolute Gasteiger partial charge is 0.323 e. The van der Waals surface area contributed by atoms with Gasteiger partial charge in [-0.2, -0.15) is 5.26 Å². The summed E-state index contributed by atoms with van der Waals surface area (Å²) in [7, 11) is 0. The van der Waals surface area contributed by atoms with E-state index in [4.69, 9.17) is 10.00 Å². The van der Waals surface area contributed by atoms with Gasteiger partial charge in [0.2, 0.25) is 5.91 Å². The topological polar surface area (TPSA) is 90.6 Å². The van der Waals surface area contributed by atoms with Crippen LogP contribution in [0.1, 0.15) is 78.6 Å². The Hall–Kier alpha value is -3.95. The fraction of sp³-hybridized carbons (Fsp3) is 0.364. The predicted octanol–water partition coefficient (Wildman–Crippen LogP) is 7.09. The fourth-order valence-corrected chi connectivity index (χ4v) is 3.77. The number of carbonyl (C=O) groups excluding carboxylic acids is 1. The minimum absolute atomic E-state index is 0.117. The van der Waals surface area contributed by atoms with Gasteiger partial charge in [0.25, 0.3) is 0 Å². The van der Waals surface area contributed by atoms with Crippen LogP contribution in [0, 0.1) is 32.1 Å². The van der Waals surface area contributed by atoms with Crippen molar-refractivity contribution in [1.82, 2.24) is 4.90 Å². The van der Waals surface area contributed by atoms with Gasteiger partial charge in [0.05, 0.1) is 17.7 Å². The highest BCUT2D eigenvalue weighted by molar-refractivity contribution is 5.83. The summed E-state index contributed by atoms with van der Waals surface area (Å²) in [5.41, 5.74) is 5.94. The molecule has 39 heavy (non-hydrogen) atoms. The maximum Gasteiger partial charge on any atom is 0.323 e. The highest BCUT2D eigenvalue weighted by Crippen LogP contribution is 2.40. The molecular weight excluding hydrogens is 488 g/mol. The van der Waals surface area contributed by atoms with Gasteiger partial charge in [-0.1, -0.05) is 110 Å². The van der Waals surface area contributed by atoms with E-state index in [1.807, 2.05) is 107 Å². The summed E-state index contributed by atoms with van der Waals surface area (Å²) in [6.45, 7) is 9.53.